The lowest BCUT2D eigenvalue weighted by molar-refractivity contribution is -0.384. The summed E-state index contributed by atoms with van der Waals surface area (Å²) in [5.74, 6) is 1.68. The maximum Gasteiger partial charge on any atom is 0.339 e. The van der Waals surface area contributed by atoms with Crippen molar-refractivity contribution in [1.29, 1.82) is 0 Å². The number of hydrogen-bond donors (Lipinski definition) is 0. The predicted molar refractivity (Wildman–Crippen MR) is 92.9 cm³/mol. The first kappa shape index (κ1) is 16.1. The molecule has 0 bridgehead atoms. The summed E-state index contributed by atoms with van der Waals surface area (Å²) >= 11 is 0. The van der Waals surface area contributed by atoms with Crippen molar-refractivity contribution in [3.8, 4) is 23.6 Å². The van der Waals surface area contributed by atoms with Gasteiger partial charge in [0, 0.05) is 23.1 Å². The van der Waals surface area contributed by atoms with Crippen LogP contribution in [-0.2, 0) is 4.74 Å². The number of non-ortho nitro benzene ring substituents is 1. The molecular weight excluding hydrogens is 320 g/mol. The van der Waals surface area contributed by atoms with Gasteiger partial charge in [-0.1, -0.05) is 36.3 Å². The summed E-state index contributed by atoms with van der Waals surface area (Å²) in [5, 5.41) is 11.6. The second-order valence-electron chi connectivity index (χ2n) is 5.16. The number of aromatic nitrogens is 1. The van der Waals surface area contributed by atoms with Crippen molar-refractivity contribution in [3.05, 3.63) is 70.3 Å². The molecule has 0 atom stereocenters. The molecule has 6 nitrogen and oxygen atoms in total. The molecule has 122 valence electrons. The number of ether oxygens (including phenoxy) is 1. The first-order chi connectivity index (χ1) is 12.1. The van der Waals surface area contributed by atoms with E-state index in [1.807, 2.05) is 0 Å². The van der Waals surface area contributed by atoms with Crippen LogP contribution in [-0.4, -0.2) is 22.5 Å². The second-order valence-corrected chi connectivity index (χ2v) is 5.16. The summed E-state index contributed by atoms with van der Waals surface area (Å²) in [6, 6.07) is 14.7. The third-order valence-electron chi connectivity index (χ3n) is 3.58. The highest BCUT2D eigenvalue weighted by atomic mass is 16.6. The van der Waals surface area contributed by atoms with Gasteiger partial charge in [0.1, 0.15) is 0 Å². The van der Waals surface area contributed by atoms with Crippen LogP contribution in [0.3, 0.4) is 0 Å². The summed E-state index contributed by atoms with van der Waals surface area (Å²) < 4.78 is 5.03. The highest BCUT2D eigenvalue weighted by Crippen LogP contribution is 2.27. The van der Waals surface area contributed by atoms with E-state index >= 15 is 0 Å². The van der Waals surface area contributed by atoms with E-state index < -0.39 is 10.9 Å². The highest BCUT2D eigenvalue weighted by Gasteiger charge is 2.16. The number of nitro groups is 1. The van der Waals surface area contributed by atoms with Crippen molar-refractivity contribution < 1.29 is 14.5 Å². The molecule has 3 aromatic rings. The SMILES string of the molecule is C#CCOC(=O)c1cc(-c2cccc([N+](=O)[O-])c2)nc2ccccc12. The maximum atomic E-state index is 12.3. The van der Waals surface area contributed by atoms with Crippen molar-refractivity contribution >= 4 is 22.6 Å². The van der Waals surface area contributed by atoms with E-state index in [4.69, 9.17) is 11.2 Å². The number of rotatable bonds is 4. The van der Waals surface area contributed by atoms with Gasteiger partial charge in [-0.05, 0) is 12.1 Å². The Hall–Kier alpha value is -3.72. The molecule has 1 aromatic heterocycles. The zero-order chi connectivity index (χ0) is 17.8. The van der Waals surface area contributed by atoms with Crippen molar-refractivity contribution in [3.63, 3.8) is 0 Å². The molecule has 3 rings (SSSR count). The fraction of sp³-hybridized carbons (Fsp3) is 0.0526. The van der Waals surface area contributed by atoms with Crippen LogP contribution in [0.4, 0.5) is 5.69 Å². The normalized spacial score (nSPS) is 10.2. The number of hydrogen-bond acceptors (Lipinski definition) is 5. The number of carbonyl (C=O) groups is 1. The van der Waals surface area contributed by atoms with Crippen LogP contribution in [0.2, 0.25) is 0 Å². The minimum Gasteiger partial charge on any atom is -0.449 e. The quantitative estimate of drug-likeness (QED) is 0.315. The van der Waals surface area contributed by atoms with Gasteiger partial charge in [-0.15, -0.1) is 6.42 Å². The van der Waals surface area contributed by atoms with Gasteiger partial charge >= 0.3 is 5.97 Å². The highest BCUT2D eigenvalue weighted by molar-refractivity contribution is 6.04. The summed E-state index contributed by atoms with van der Waals surface area (Å²) in [7, 11) is 0. The number of fused-ring (bicyclic) bond motifs is 1. The van der Waals surface area contributed by atoms with E-state index in [1.165, 1.54) is 12.1 Å². The van der Waals surface area contributed by atoms with Crippen molar-refractivity contribution in [2.24, 2.45) is 0 Å². The van der Waals surface area contributed by atoms with Gasteiger partial charge in [-0.3, -0.25) is 10.1 Å². The van der Waals surface area contributed by atoms with Gasteiger partial charge in [0.25, 0.3) is 5.69 Å². The number of carbonyl (C=O) groups excluding carboxylic acids is 1. The number of benzene rings is 2. The Balaban J connectivity index is 2.17. The zero-order valence-electron chi connectivity index (χ0n) is 13.0. The predicted octanol–water partition coefficient (Wildman–Crippen LogP) is 3.60. The molecule has 0 saturated carbocycles. The Bertz CT molecular complexity index is 1020. The van der Waals surface area contributed by atoms with E-state index in [1.54, 1.807) is 42.5 Å². The zero-order valence-corrected chi connectivity index (χ0v) is 13.0. The first-order valence-electron chi connectivity index (χ1n) is 7.35. The molecule has 0 aliphatic rings. The second kappa shape index (κ2) is 6.81. The minimum absolute atomic E-state index is 0.0519. The fourth-order valence-electron chi connectivity index (χ4n) is 2.46. The summed E-state index contributed by atoms with van der Waals surface area (Å²) in [4.78, 5) is 27.3. The van der Waals surface area contributed by atoms with E-state index in [0.29, 0.717) is 27.7 Å². The van der Waals surface area contributed by atoms with E-state index in [-0.39, 0.29) is 12.3 Å². The fourth-order valence-corrected chi connectivity index (χ4v) is 2.46. The molecule has 2 aromatic carbocycles. The Morgan fingerprint density at radius 2 is 2.00 bits per heavy atom. The number of nitrogens with zero attached hydrogens (tertiary/aromatic N) is 2. The Morgan fingerprint density at radius 3 is 2.76 bits per heavy atom. The number of esters is 1. The van der Waals surface area contributed by atoms with Crippen LogP contribution in [0, 0.1) is 22.5 Å². The number of pyridine rings is 1. The van der Waals surface area contributed by atoms with Crippen LogP contribution in [0.5, 0.6) is 0 Å². The molecule has 6 heteroatoms. The van der Waals surface area contributed by atoms with E-state index in [9.17, 15) is 14.9 Å². The lowest BCUT2D eigenvalue weighted by Gasteiger charge is -2.09. The van der Waals surface area contributed by atoms with Gasteiger partial charge in [0.15, 0.2) is 6.61 Å². The lowest BCUT2D eigenvalue weighted by atomic mass is 10.0. The van der Waals surface area contributed by atoms with Crippen LogP contribution in [0.15, 0.2) is 54.6 Å². The topological polar surface area (TPSA) is 82.3 Å². The number of para-hydroxylation sites is 1. The molecule has 0 unspecified atom stereocenters. The average molecular weight is 332 g/mol. The van der Waals surface area contributed by atoms with Gasteiger partial charge < -0.3 is 4.74 Å². The van der Waals surface area contributed by atoms with Gasteiger partial charge in [0.2, 0.25) is 0 Å². The molecule has 0 amide bonds. The third kappa shape index (κ3) is 3.31. The molecule has 0 saturated heterocycles. The molecular formula is C19H12N2O4. The summed E-state index contributed by atoms with van der Waals surface area (Å²) in [6.45, 7) is -0.137. The largest absolute Gasteiger partial charge is 0.449 e. The minimum atomic E-state index is -0.566. The van der Waals surface area contributed by atoms with Gasteiger partial charge in [-0.25, -0.2) is 9.78 Å². The summed E-state index contributed by atoms with van der Waals surface area (Å²) in [5.41, 5.74) is 1.81. The molecule has 25 heavy (non-hydrogen) atoms. The Kier molecular flexibility index (Phi) is 4.40. The standard InChI is InChI=1S/C19H12N2O4/c1-2-10-25-19(22)16-12-18(20-17-9-4-3-8-15(16)17)13-6-5-7-14(11-13)21(23)24/h1,3-9,11-12H,10H2. The van der Waals surface area contributed by atoms with Gasteiger partial charge in [-0.2, -0.15) is 0 Å². The summed E-state index contributed by atoms with van der Waals surface area (Å²) in [6.07, 6.45) is 5.13. The van der Waals surface area contributed by atoms with Crippen molar-refractivity contribution in [2.75, 3.05) is 6.61 Å². The van der Waals surface area contributed by atoms with Gasteiger partial charge in [0.05, 0.1) is 21.7 Å². The molecule has 0 fully saturated rings. The molecule has 0 spiro atoms. The van der Waals surface area contributed by atoms with Crippen molar-refractivity contribution in [1.82, 2.24) is 4.98 Å². The van der Waals surface area contributed by atoms with E-state index in [2.05, 4.69) is 10.9 Å². The third-order valence-corrected chi connectivity index (χ3v) is 3.58. The lowest BCUT2D eigenvalue weighted by Crippen LogP contribution is -2.07. The molecule has 0 radical (unpaired) electrons. The monoisotopic (exact) mass is 332 g/mol. The van der Waals surface area contributed by atoms with Crippen LogP contribution < -0.4 is 0 Å². The Labute approximate surface area is 143 Å². The van der Waals surface area contributed by atoms with Crippen LogP contribution >= 0.6 is 0 Å². The number of nitro benzene ring substituents is 1. The Morgan fingerprint density at radius 1 is 1.20 bits per heavy atom. The average Bonchev–Trinajstić information content (AvgIpc) is 2.65. The maximum absolute atomic E-state index is 12.3. The molecule has 0 aliphatic carbocycles. The van der Waals surface area contributed by atoms with E-state index in [0.717, 1.165) is 0 Å². The first-order valence-corrected chi connectivity index (χ1v) is 7.35. The molecule has 0 N–H and O–H groups in total. The van der Waals surface area contributed by atoms with Crippen LogP contribution in [0.1, 0.15) is 10.4 Å². The van der Waals surface area contributed by atoms with Crippen molar-refractivity contribution in [2.45, 2.75) is 0 Å². The smallest absolute Gasteiger partial charge is 0.339 e. The number of terminal acetylenes is 1. The molecule has 0 aliphatic heterocycles. The van der Waals surface area contributed by atoms with Crippen LogP contribution in [0.25, 0.3) is 22.2 Å². The molecule has 1 heterocycles.